The number of aliphatic hydroxyl groups excluding tert-OH is 1. The maximum absolute atomic E-state index is 13.3. The summed E-state index contributed by atoms with van der Waals surface area (Å²) in [6.45, 7) is 2.35. The quantitative estimate of drug-likeness (QED) is 0.904. The molecular weight excluding hydrogens is 273 g/mol. The minimum atomic E-state index is -0.235. The number of piperidine rings is 1. The van der Waals surface area contributed by atoms with E-state index in [1.165, 1.54) is 6.07 Å². The predicted molar refractivity (Wildman–Crippen MR) is 64.6 cm³/mol. The SMILES string of the molecule is O[C@H]1CCCN(Cc2cccc(F)c2Br)C1. The standard InChI is InChI=1S/C12H15BrFNO/c13-12-9(3-1-5-11(12)14)7-15-6-2-4-10(16)8-15/h1,3,5,10,16H,2,4,6-8H2/t10-/m0/s1. The highest BCUT2D eigenvalue weighted by molar-refractivity contribution is 9.10. The van der Waals surface area contributed by atoms with Crippen molar-refractivity contribution < 1.29 is 9.50 Å². The van der Waals surface area contributed by atoms with E-state index < -0.39 is 0 Å². The lowest BCUT2D eigenvalue weighted by Gasteiger charge is -2.30. The maximum Gasteiger partial charge on any atom is 0.137 e. The van der Waals surface area contributed by atoms with Crippen LogP contribution in [0.2, 0.25) is 0 Å². The molecule has 0 radical (unpaired) electrons. The number of halogens is 2. The molecule has 1 aliphatic rings. The van der Waals surface area contributed by atoms with Crippen molar-refractivity contribution in [3.8, 4) is 0 Å². The van der Waals surface area contributed by atoms with Crippen LogP contribution in [0.3, 0.4) is 0 Å². The fourth-order valence-corrected chi connectivity index (χ4v) is 2.48. The molecule has 1 saturated heterocycles. The lowest BCUT2D eigenvalue weighted by Crippen LogP contribution is -2.37. The van der Waals surface area contributed by atoms with Gasteiger partial charge in [0.25, 0.3) is 0 Å². The van der Waals surface area contributed by atoms with Gasteiger partial charge in [0.1, 0.15) is 5.82 Å². The van der Waals surface area contributed by atoms with E-state index in [1.54, 1.807) is 6.07 Å². The first-order chi connectivity index (χ1) is 7.66. The average Bonchev–Trinajstić information content (AvgIpc) is 2.25. The molecule has 1 aromatic rings. The number of likely N-dealkylation sites (tertiary alicyclic amines) is 1. The van der Waals surface area contributed by atoms with E-state index in [9.17, 15) is 9.50 Å². The summed E-state index contributed by atoms with van der Waals surface area (Å²) >= 11 is 3.26. The number of aliphatic hydroxyl groups is 1. The van der Waals surface area contributed by atoms with Crippen LogP contribution in [-0.2, 0) is 6.54 Å². The average molecular weight is 288 g/mol. The van der Waals surface area contributed by atoms with Crippen molar-refractivity contribution in [3.05, 3.63) is 34.1 Å². The molecule has 0 aromatic heterocycles. The highest BCUT2D eigenvalue weighted by Crippen LogP contribution is 2.23. The zero-order chi connectivity index (χ0) is 11.5. The Labute approximate surface area is 103 Å². The highest BCUT2D eigenvalue weighted by Gasteiger charge is 2.18. The molecule has 0 amide bonds. The van der Waals surface area contributed by atoms with Crippen LogP contribution in [0.25, 0.3) is 0 Å². The van der Waals surface area contributed by atoms with Gasteiger partial charge >= 0.3 is 0 Å². The molecule has 0 spiro atoms. The van der Waals surface area contributed by atoms with E-state index in [4.69, 9.17) is 0 Å². The number of rotatable bonds is 2. The summed E-state index contributed by atoms with van der Waals surface area (Å²) in [6.07, 6.45) is 1.65. The summed E-state index contributed by atoms with van der Waals surface area (Å²) in [6, 6.07) is 5.07. The van der Waals surface area contributed by atoms with Crippen LogP contribution in [-0.4, -0.2) is 29.2 Å². The minimum Gasteiger partial charge on any atom is -0.392 e. The molecule has 1 aliphatic heterocycles. The first kappa shape index (κ1) is 12.0. The van der Waals surface area contributed by atoms with Gasteiger partial charge in [0.2, 0.25) is 0 Å². The summed E-state index contributed by atoms with van der Waals surface area (Å²) < 4.78 is 13.8. The van der Waals surface area contributed by atoms with Crippen molar-refractivity contribution in [1.29, 1.82) is 0 Å². The van der Waals surface area contributed by atoms with Crippen LogP contribution < -0.4 is 0 Å². The van der Waals surface area contributed by atoms with Crippen molar-refractivity contribution in [2.75, 3.05) is 13.1 Å². The molecular formula is C12H15BrFNO. The summed E-state index contributed by atoms with van der Waals surface area (Å²) in [5.41, 5.74) is 0.939. The van der Waals surface area contributed by atoms with Crippen LogP contribution in [0, 0.1) is 5.82 Å². The van der Waals surface area contributed by atoms with Gasteiger partial charge in [-0.15, -0.1) is 0 Å². The van der Waals surface area contributed by atoms with Crippen LogP contribution in [0.1, 0.15) is 18.4 Å². The van der Waals surface area contributed by atoms with Crippen molar-refractivity contribution in [1.82, 2.24) is 4.90 Å². The third-order valence-corrected chi connectivity index (χ3v) is 3.79. The Morgan fingerprint density at radius 2 is 2.31 bits per heavy atom. The molecule has 2 rings (SSSR count). The number of hydrogen-bond donors (Lipinski definition) is 1. The van der Waals surface area contributed by atoms with Crippen LogP contribution in [0.4, 0.5) is 4.39 Å². The molecule has 4 heteroatoms. The molecule has 0 bridgehead atoms. The van der Waals surface area contributed by atoms with Crippen molar-refractivity contribution in [2.24, 2.45) is 0 Å². The predicted octanol–water partition coefficient (Wildman–Crippen LogP) is 2.54. The molecule has 1 heterocycles. The third-order valence-electron chi connectivity index (χ3n) is 2.91. The van der Waals surface area contributed by atoms with E-state index in [-0.39, 0.29) is 11.9 Å². The van der Waals surface area contributed by atoms with Gasteiger partial charge < -0.3 is 5.11 Å². The monoisotopic (exact) mass is 287 g/mol. The largest absolute Gasteiger partial charge is 0.392 e. The molecule has 1 atom stereocenters. The highest BCUT2D eigenvalue weighted by atomic mass is 79.9. The van der Waals surface area contributed by atoms with Gasteiger partial charge in [-0.05, 0) is 46.9 Å². The Morgan fingerprint density at radius 3 is 3.06 bits per heavy atom. The van der Waals surface area contributed by atoms with Gasteiger partial charge in [-0.3, -0.25) is 4.90 Å². The van der Waals surface area contributed by atoms with Gasteiger partial charge in [-0.25, -0.2) is 4.39 Å². The second kappa shape index (κ2) is 5.25. The Balaban J connectivity index is 2.05. The van der Waals surface area contributed by atoms with Gasteiger partial charge in [0.15, 0.2) is 0 Å². The summed E-state index contributed by atoms with van der Waals surface area (Å²) in [7, 11) is 0. The first-order valence-electron chi connectivity index (χ1n) is 5.50. The third kappa shape index (κ3) is 2.81. The number of hydrogen-bond acceptors (Lipinski definition) is 2. The number of nitrogens with zero attached hydrogens (tertiary/aromatic N) is 1. The van der Waals surface area contributed by atoms with E-state index in [1.807, 2.05) is 6.07 Å². The summed E-state index contributed by atoms with van der Waals surface area (Å²) in [5.74, 6) is -0.227. The van der Waals surface area contributed by atoms with Crippen molar-refractivity contribution in [2.45, 2.75) is 25.5 Å². The molecule has 16 heavy (non-hydrogen) atoms. The minimum absolute atomic E-state index is 0.227. The summed E-state index contributed by atoms with van der Waals surface area (Å²) in [4.78, 5) is 2.16. The van der Waals surface area contributed by atoms with E-state index in [0.717, 1.165) is 24.9 Å². The van der Waals surface area contributed by atoms with Gasteiger partial charge in [0, 0.05) is 13.1 Å². The Morgan fingerprint density at radius 1 is 1.50 bits per heavy atom. The molecule has 1 aromatic carbocycles. The van der Waals surface area contributed by atoms with Crippen molar-refractivity contribution >= 4 is 15.9 Å². The van der Waals surface area contributed by atoms with Crippen LogP contribution in [0.15, 0.2) is 22.7 Å². The first-order valence-corrected chi connectivity index (χ1v) is 6.29. The van der Waals surface area contributed by atoms with Crippen LogP contribution >= 0.6 is 15.9 Å². The van der Waals surface area contributed by atoms with Crippen LogP contribution in [0.5, 0.6) is 0 Å². The molecule has 1 N–H and O–H groups in total. The fourth-order valence-electron chi connectivity index (χ4n) is 2.09. The molecule has 88 valence electrons. The smallest absolute Gasteiger partial charge is 0.137 e. The van der Waals surface area contributed by atoms with Gasteiger partial charge in [-0.2, -0.15) is 0 Å². The van der Waals surface area contributed by atoms with Crippen molar-refractivity contribution in [3.63, 3.8) is 0 Å². The maximum atomic E-state index is 13.3. The van der Waals surface area contributed by atoms with Gasteiger partial charge in [-0.1, -0.05) is 12.1 Å². The zero-order valence-electron chi connectivity index (χ0n) is 9.00. The molecule has 0 aliphatic carbocycles. The second-order valence-corrected chi connectivity index (χ2v) is 5.04. The lowest BCUT2D eigenvalue weighted by molar-refractivity contribution is 0.0667. The zero-order valence-corrected chi connectivity index (χ0v) is 10.6. The number of β-amino-alcohol motifs (C(OH)–C–C–N with tert-alkyl or cyclic N) is 1. The second-order valence-electron chi connectivity index (χ2n) is 4.24. The Bertz CT molecular complexity index is 372. The fraction of sp³-hybridized carbons (Fsp3) is 0.500. The lowest BCUT2D eigenvalue weighted by atomic mass is 10.1. The van der Waals surface area contributed by atoms with E-state index in [2.05, 4.69) is 20.8 Å². The summed E-state index contributed by atoms with van der Waals surface area (Å²) in [5, 5.41) is 9.55. The molecule has 0 saturated carbocycles. The molecule has 2 nitrogen and oxygen atoms in total. The molecule has 1 fully saturated rings. The molecule has 0 unspecified atom stereocenters. The van der Waals surface area contributed by atoms with Gasteiger partial charge in [0.05, 0.1) is 10.6 Å². The number of benzene rings is 1. The topological polar surface area (TPSA) is 23.5 Å². The normalized spacial score (nSPS) is 22.3. The Hall–Kier alpha value is -0.450. The Kier molecular flexibility index (Phi) is 3.95. The van der Waals surface area contributed by atoms with E-state index in [0.29, 0.717) is 17.6 Å². The van der Waals surface area contributed by atoms with E-state index >= 15 is 0 Å².